The van der Waals surface area contributed by atoms with E-state index in [0.717, 1.165) is 10.8 Å². The molecule has 2 unspecified atom stereocenters. The van der Waals surface area contributed by atoms with Crippen molar-refractivity contribution in [1.82, 2.24) is 9.55 Å². The quantitative estimate of drug-likeness (QED) is 0.592. The van der Waals surface area contributed by atoms with E-state index in [4.69, 9.17) is 15.6 Å². The predicted octanol–water partition coefficient (Wildman–Crippen LogP) is 0.113. The van der Waals surface area contributed by atoms with E-state index in [-0.39, 0.29) is 6.61 Å². The molecule has 1 aliphatic rings. The van der Waals surface area contributed by atoms with Crippen LogP contribution >= 0.6 is 0 Å². The third-order valence-corrected chi connectivity index (χ3v) is 2.38. The van der Waals surface area contributed by atoms with Crippen LogP contribution in [-0.2, 0) is 9.47 Å². The van der Waals surface area contributed by atoms with E-state index in [1.165, 1.54) is 12.2 Å². The van der Waals surface area contributed by atoms with Gasteiger partial charge in [0, 0.05) is 0 Å². The summed E-state index contributed by atoms with van der Waals surface area (Å²) in [5.41, 5.74) is 4.38. The summed E-state index contributed by atoms with van der Waals surface area (Å²) in [6.45, 7) is -0.220. The summed E-state index contributed by atoms with van der Waals surface area (Å²) in [7, 11) is 0. The van der Waals surface area contributed by atoms with Crippen LogP contribution in [0, 0.1) is 5.82 Å². The molecule has 0 aromatic carbocycles. The van der Waals surface area contributed by atoms with Crippen molar-refractivity contribution in [3.8, 4) is 0 Å². The van der Waals surface area contributed by atoms with Crippen molar-refractivity contribution in [2.24, 2.45) is 0 Å². The summed E-state index contributed by atoms with van der Waals surface area (Å²) < 4.78 is 23.8. The van der Waals surface area contributed by atoms with Crippen LogP contribution in [-0.4, -0.2) is 33.5 Å². The SMILES string of the molecule is Nc1nc(=O)n(C2C=CC(COC(=O)O)O2)cc1F. The van der Waals surface area contributed by atoms with Crippen molar-refractivity contribution in [3.05, 3.63) is 34.7 Å². The fourth-order valence-electron chi connectivity index (χ4n) is 1.54. The van der Waals surface area contributed by atoms with Gasteiger partial charge in [0.2, 0.25) is 0 Å². The number of anilines is 1. The average Bonchev–Trinajstić information content (AvgIpc) is 2.80. The molecule has 0 radical (unpaired) electrons. The number of rotatable bonds is 3. The second-order valence-corrected chi connectivity index (χ2v) is 3.69. The Morgan fingerprint density at radius 2 is 2.37 bits per heavy atom. The maximum absolute atomic E-state index is 13.2. The van der Waals surface area contributed by atoms with E-state index in [1.54, 1.807) is 0 Å². The minimum absolute atomic E-state index is 0.220. The number of nitrogen functional groups attached to an aromatic ring is 1. The fraction of sp³-hybridized carbons (Fsp3) is 0.300. The van der Waals surface area contributed by atoms with E-state index in [2.05, 4.69) is 9.72 Å². The minimum Gasteiger partial charge on any atom is -0.450 e. The Labute approximate surface area is 105 Å². The van der Waals surface area contributed by atoms with Crippen LogP contribution in [0.3, 0.4) is 0 Å². The Morgan fingerprint density at radius 1 is 1.63 bits per heavy atom. The zero-order valence-electron chi connectivity index (χ0n) is 9.52. The molecule has 0 saturated carbocycles. The minimum atomic E-state index is -1.43. The number of aromatic nitrogens is 2. The molecule has 1 aliphatic heterocycles. The Hall–Kier alpha value is -2.42. The van der Waals surface area contributed by atoms with Crippen molar-refractivity contribution in [2.45, 2.75) is 12.3 Å². The largest absolute Gasteiger partial charge is 0.505 e. The highest BCUT2D eigenvalue weighted by Crippen LogP contribution is 2.20. The number of hydrogen-bond donors (Lipinski definition) is 2. The van der Waals surface area contributed by atoms with Crippen LogP contribution in [0.4, 0.5) is 15.0 Å². The summed E-state index contributed by atoms with van der Waals surface area (Å²) in [5, 5.41) is 8.34. The van der Waals surface area contributed by atoms with Crippen molar-refractivity contribution in [2.75, 3.05) is 12.3 Å². The number of carboxylic acid groups (broad SMARTS) is 1. The molecule has 2 rings (SSSR count). The first kappa shape index (κ1) is 13.0. The molecule has 1 aromatic heterocycles. The van der Waals surface area contributed by atoms with Gasteiger partial charge in [-0.15, -0.1) is 0 Å². The van der Waals surface area contributed by atoms with Crippen molar-refractivity contribution in [3.63, 3.8) is 0 Å². The second kappa shape index (κ2) is 5.06. The molecule has 0 spiro atoms. The third-order valence-electron chi connectivity index (χ3n) is 2.38. The first-order valence-electron chi connectivity index (χ1n) is 5.21. The van der Waals surface area contributed by atoms with Gasteiger partial charge in [0.15, 0.2) is 17.9 Å². The van der Waals surface area contributed by atoms with Crippen molar-refractivity contribution >= 4 is 12.0 Å². The molecule has 19 heavy (non-hydrogen) atoms. The molecule has 2 heterocycles. The molecule has 0 saturated heterocycles. The fourth-order valence-corrected chi connectivity index (χ4v) is 1.54. The Morgan fingerprint density at radius 3 is 3.05 bits per heavy atom. The lowest BCUT2D eigenvalue weighted by atomic mass is 10.4. The molecule has 9 heteroatoms. The number of nitrogens with zero attached hydrogens (tertiary/aromatic N) is 2. The maximum atomic E-state index is 13.2. The Bertz CT molecular complexity index is 585. The smallest absolute Gasteiger partial charge is 0.450 e. The first-order chi connectivity index (χ1) is 8.97. The highest BCUT2D eigenvalue weighted by atomic mass is 19.1. The highest BCUT2D eigenvalue weighted by Gasteiger charge is 2.23. The van der Waals surface area contributed by atoms with Gasteiger partial charge in [-0.25, -0.2) is 14.0 Å². The van der Waals surface area contributed by atoms with E-state index in [9.17, 15) is 14.0 Å². The molecule has 8 nitrogen and oxygen atoms in total. The summed E-state index contributed by atoms with van der Waals surface area (Å²) >= 11 is 0. The summed E-state index contributed by atoms with van der Waals surface area (Å²) in [5.74, 6) is -1.34. The zero-order valence-corrected chi connectivity index (χ0v) is 9.52. The molecule has 102 valence electrons. The van der Waals surface area contributed by atoms with Crippen molar-refractivity contribution in [1.29, 1.82) is 0 Å². The van der Waals surface area contributed by atoms with E-state index >= 15 is 0 Å². The molecule has 1 aromatic rings. The van der Waals surface area contributed by atoms with Gasteiger partial charge in [-0.2, -0.15) is 4.98 Å². The molecule has 3 N–H and O–H groups in total. The standard InChI is InChI=1S/C10H10FN3O5/c11-6-3-14(9(15)13-8(6)12)7-2-1-5(19-7)4-18-10(16)17/h1-3,5,7H,4H2,(H,16,17)(H2,12,13,15). The number of halogens is 1. The molecule has 0 fully saturated rings. The topological polar surface area (TPSA) is 117 Å². The zero-order chi connectivity index (χ0) is 14.0. The number of carbonyl (C=O) groups is 1. The van der Waals surface area contributed by atoms with Crippen LogP contribution in [0.5, 0.6) is 0 Å². The summed E-state index contributed by atoms with van der Waals surface area (Å²) in [6, 6.07) is 0. The van der Waals surface area contributed by atoms with Gasteiger partial charge in [0.25, 0.3) is 0 Å². The Balaban J connectivity index is 2.10. The number of nitrogens with two attached hydrogens (primary N) is 1. The van der Waals surface area contributed by atoms with Gasteiger partial charge in [0.05, 0.1) is 6.20 Å². The molecular weight excluding hydrogens is 261 g/mol. The van der Waals surface area contributed by atoms with Crippen molar-refractivity contribution < 1.29 is 23.8 Å². The average molecular weight is 271 g/mol. The molecule has 0 amide bonds. The number of hydrogen-bond acceptors (Lipinski definition) is 6. The van der Waals surface area contributed by atoms with Crippen LogP contribution in [0.1, 0.15) is 6.23 Å². The summed E-state index contributed by atoms with van der Waals surface area (Å²) in [6.07, 6.45) is 0.895. The van der Waals surface area contributed by atoms with Crippen LogP contribution in [0.15, 0.2) is 23.1 Å². The highest BCUT2D eigenvalue weighted by molar-refractivity contribution is 5.56. The summed E-state index contributed by atoms with van der Waals surface area (Å²) in [4.78, 5) is 25.0. The van der Waals surface area contributed by atoms with Crippen LogP contribution in [0.2, 0.25) is 0 Å². The first-order valence-corrected chi connectivity index (χ1v) is 5.21. The van der Waals surface area contributed by atoms with E-state index < -0.39 is 35.8 Å². The van der Waals surface area contributed by atoms with Gasteiger partial charge in [0.1, 0.15) is 12.7 Å². The number of ether oxygens (including phenoxy) is 2. The maximum Gasteiger partial charge on any atom is 0.505 e. The lowest BCUT2D eigenvalue weighted by Gasteiger charge is -2.15. The third kappa shape index (κ3) is 2.88. The predicted molar refractivity (Wildman–Crippen MR) is 59.9 cm³/mol. The van der Waals surface area contributed by atoms with Gasteiger partial charge in [-0.05, 0) is 6.08 Å². The normalized spacial score (nSPS) is 21.5. The molecule has 0 bridgehead atoms. The lowest BCUT2D eigenvalue weighted by molar-refractivity contribution is -0.0229. The van der Waals surface area contributed by atoms with Crippen LogP contribution in [0.25, 0.3) is 0 Å². The molecular formula is C10H10FN3O5. The van der Waals surface area contributed by atoms with Gasteiger partial charge in [-0.3, -0.25) is 4.57 Å². The van der Waals surface area contributed by atoms with Gasteiger partial charge in [-0.1, -0.05) is 6.08 Å². The Kier molecular flexibility index (Phi) is 3.47. The lowest BCUT2D eigenvalue weighted by Crippen LogP contribution is -2.29. The van der Waals surface area contributed by atoms with Crippen LogP contribution < -0.4 is 11.4 Å². The van der Waals surface area contributed by atoms with E-state index in [1.807, 2.05) is 0 Å². The monoisotopic (exact) mass is 271 g/mol. The van der Waals surface area contributed by atoms with E-state index in [0.29, 0.717) is 0 Å². The molecule has 0 aliphatic carbocycles. The van der Waals surface area contributed by atoms with Gasteiger partial charge >= 0.3 is 11.8 Å². The van der Waals surface area contributed by atoms with Gasteiger partial charge < -0.3 is 20.3 Å². The second-order valence-electron chi connectivity index (χ2n) is 3.69. The molecule has 2 atom stereocenters.